The lowest BCUT2D eigenvalue weighted by Gasteiger charge is -2.39. The Morgan fingerprint density at radius 1 is 1.02 bits per heavy atom. The van der Waals surface area contributed by atoms with Crippen LogP contribution in [0.4, 0.5) is 5.69 Å². The number of aromatic nitrogens is 1. The molecule has 1 aromatic heterocycles. The van der Waals surface area contributed by atoms with Gasteiger partial charge in [-0.3, -0.25) is 14.4 Å². The first-order chi connectivity index (χ1) is 24.1. The van der Waals surface area contributed by atoms with Gasteiger partial charge in [-0.05, 0) is 111 Å². The second-order valence-electron chi connectivity index (χ2n) is 15.8. The molecule has 0 unspecified atom stereocenters. The van der Waals surface area contributed by atoms with Crippen LogP contribution in [0, 0.1) is 13.8 Å². The molecule has 1 saturated heterocycles. The van der Waals surface area contributed by atoms with Crippen molar-refractivity contribution in [3.8, 4) is 5.75 Å². The maximum atomic E-state index is 12.9. The number of phenols is 1. The van der Waals surface area contributed by atoms with E-state index in [4.69, 9.17) is 4.43 Å². The number of unbranched alkanes of at least 4 members (excludes halogenated alkanes) is 1. The molecule has 4 rings (SSSR count). The highest BCUT2D eigenvalue weighted by Crippen LogP contribution is 2.41. The Morgan fingerprint density at radius 2 is 1.75 bits per heavy atom. The Balaban J connectivity index is 1.31. The van der Waals surface area contributed by atoms with Gasteiger partial charge in [0.2, 0.25) is 17.4 Å². The van der Waals surface area contributed by atoms with E-state index >= 15 is 0 Å². The number of piperidine rings is 1. The first-order valence-electron chi connectivity index (χ1n) is 18.7. The van der Waals surface area contributed by atoms with Crippen LogP contribution in [0.1, 0.15) is 94.1 Å². The van der Waals surface area contributed by atoms with Crippen molar-refractivity contribution in [2.75, 3.05) is 45.1 Å². The molecule has 280 valence electrons. The van der Waals surface area contributed by atoms with Crippen LogP contribution in [-0.4, -0.2) is 79.8 Å². The number of likely N-dealkylation sites (tertiary alicyclic amines) is 1. The zero-order valence-corrected chi connectivity index (χ0v) is 33.2. The Bertz CT molecular complexity index is 1710. The summed E-state index contributed by atoms with van der Waals surface area (Å²) in [6.07, 6.45) is 5.93. The molecule has 1 aliphatic heterocycles. The van der Waals surface area contributed by atoms with Crippen LogP contribution < -0.4 is 16.2 Å². The molecule has 0 saturated carbocycles. The van der Waals surface area contributed by atoms with E-state index in [1.54, 1.807) is 17.0 Å². The smallest absolute Gasteiger partial charge is 0.248 e. The number of aryl methyl sites for hydroxylation is 2. The summed E-state index contributed by atoms with van der Waals surface area (Å²) < 4.78 is 6.95. The Morgan fingerprint density at radius 3 is 2.45 bits per heavy atom. The molecule has 1 aliphatic rings. The summed E-state index contributed by atoms with van der Waals surface area (Å²) >= 11 is 0. The second-order valence-corrected chi connectivity index (χ2v) is 20.6. The van der Waals surface area contributed by atoms with Crippen molar-refractivity contribution in [1.82, 2.24) is 20.1 Å². The van der Waals surface area contributed by atoms with Crippen molar-refractivity contribution in [2.45, 2.75) is 110 Å². The number of hydrogen-bond donors (Lipinski definition) is 4. The van der Waals surface area contributed by atoms with E-state index in [1.165, 1.54) is 25.3 Å². The van der Waals surface area contributed by atoms with Crippen LogP contribution in [0.3, 0.4) is 0 Å². The van der Waals surface area contributed by atoms with Crippen LogP contribution in [0.2, 0.25) is 18.1 Å². The number of rotatable bonds is 16. The summed E-state index contributed by atoms with van der Waals surface area (Å²) in [4.78, 5) is 44.5. The van der Waals surface area contributed by atoms with Gasteiger partial charge in [-0.25, -0.2) is 0 Å². The van der Waals surface area contributed by atoms with E-state index in [0.29, 0.717) is 38.0 Å². The van der Waals surface area contributed by atoms with E-state index in [-0.39, 0.29) is 34.3 Å². The molecule has 1 fully saturated rings. The highest BCUT2D eigenvalue weighted by Gasteiger charge is 2.39. The molecule has 2 heterocycles. The number of nitrogens with zero attached hydrogens (tertiary/aromatic N) is 2. The lowest BCUT2D eigenvalue weighted by molar-refractivity contribution is -0.130. The van der Waals surface area contributed by atoms with Gasteiger partial charge >= 0.3 is 0 Å². The van der Waals surface area contributed by atoms with Gasteiger partial charge in [0.25, 0.3) is 0 Å². The fourth-order valence-electron chi connectivity index (χ4n) is 6.43. The standard InChI is InChI=1S/C40H61N5O5Si/c1-28-25-33(42-36(47)14-10-13-20-44(6)38(49)19-23-45-21-11-9-12-22-45)29(2)24-30(28)26-41-27-35(50-51(7,8)40(3,4)5)31-15-17-34(46)39-32(31)16-18-37(48)43-39/h15-18,24-25,35,41,46H,9-14,19-23,26-27H2,1-8H3,(H,42,47)(H,43,48)/t35-/m0/s1. The summed E-state index contributed by atoms with van der Waals surface area (Å²) in [5.41, 5.74) is 5.06. The monoisotopic (exact) mass is 719 g/mol. The van der Waals surface area contributed by atoms with E-state index < -0.39 is 8.32 Å². The normalized spacial score (nSPS) is 14.8. The average Bonchev–Trinajstić information content (AvgIpc) is 3.07. The number of fused-ring (bicyclic) bond motifs is 1. The molecule has 2 amide bonds. The van der Waals surface area contributed by atoms with Gasteiger partial charge in [-0.15, -0.1) is 0 Å². The Labute approximate surface area is 305 Å². The fraction of sp³-hybridized carbons (Fsp3) is 0.575. The number of hydrogen-bond acceptors (Lipinski definition) is 7. The number of anilines is 1. The van der Waals surface area contributed by atoms with Crippen LogP contribution in [0.15, 0.2) is 41.2 Å². The first kappa shape index (κ1) is 40.3. The quantitative estimate of drug-likeness (QED) is 0.0916. The molecule has 2 aromatic carbocycles. The number of nitrogens with one attached hydrogen (secondary N) is 3. The highest BCUT2D eigenvalue weighted by atomic mass is 28.4. The summed E-state index contributed by atoms with van der Waals surface area (Å²) in [7, 11) is -0.339. The minimum absolute atomic E-state index is 0.0119. The van der Waals surface area contributed by atoms with Crippen molar-refractivity contribution in [3.63, 3.8) is 0 Å². The van der Waals surface area contributed by atoms with Gasteiger partial charge in [0.05, 0.1) is 11.6 Å². The number of carbonyl (C=O) groups is 2. The third kappa shape index (κ3) is 11.2. The minimum atomic E-state index is -2.20. The molecule has 0 bridgehead atoms. The summed E-state index contributed by atoms with van der Waals surface area (Å²) in [6, 6.07) is 10.9. The van der Waals surface area contributed by atoms with Gasteiger partial charge in [0, 0.05) is 63.2 Å². The number of aromatic amines is 1. The SMILES string of the molecule is Cc1cc(NC(=O)CCCCN(C)C(=O)CCN2CCCCC2)c(C)cc1CNC[C@H](O[Si](C)(C)C(C)(C)C)c1ccc(O)c2[nH]c(=O)ccc12. The molecule has 0 radical (unpaired) electrons. The maximum Gasteiger partial charge on any atom is 0.248 e. The zero-order chi connectivity index (χ0) is 37.3. The molecule has 51 heavy (non-hydrogen) atoms. The summed E-state index contributed by atoms with van der Waals surface area (Å²) in [6.45, 7) is 20.0. The Hall–Kier alpha value is -3.51. The number of aromatic hydroxyl groups is 1. The molecule has 10 nitrogen and oxygen atoms in total. The van der Waals surface area contributed by atoms with Crippen LogP contribution in [0.5, 0.6) is 5.75 Å². The van der Waals surface area contributed by atoms with Gasteiger partial charge in [-0.1, -0.05) is 39.3 Å². The van der Waals surface area contributed by atoms with E-state index in [1.807, 2.05) is 26.1 Å². The summed E-state index contributed by atoms with van der Waals surface area (Å²) in [5, 5.41) is 18.0. The van der Waals surface area contributed by atoms with Crippen LogP contribution in [0.25, 0.3) is 10.9 Å². The molecule has 3 aromatic rings. The van der Waals surface area contributed by atoms with E-state index in [0.717, 1.165) is 65.8 Å². The van der Waals surface area contributed by atoms with Crippen molar-refractivity contribution in [3.05, 3.63) is 69.0 Å². The van der Waals surface area contributed by atoms with Gasteiger partial charge < -0.3 is 34.9 Å². The number of amides is 2. The molecule has 11 heteroatoms. The van der Waals surface area contributed by atoms with Gasteiger partial charge in [0.1, 0.15) is 5.75 Å². The average molecular weight is 720 g/mol. The molecule has 4 N–H and O–H groups in total. The van der Waals surface area contributed by atoms with Crippen molar-refractivity contribution < 1.29 is 19.1 Å². The van der Waals surface area contributed by atoms with Gasteiger partial charge in [0.15, 0.2) is 8.32 Å². The second kappa shape index (κ2) is 17.8. The van der Waals surface area contributed by atoms with Gasteiger partial charge in [-0.2, -0.15) is 0 Å². The van der Waals surface area contributed by atoms with Crippen LogP contribution in [-0.2, 0) is 20.6 Å². The third-order valence-electron chi connectivity index (χ3n) is 10.8. The fourth-order valence-corrected chi connectivity index (χ4v) is 7.70. The lowest BCUT2D eigenvalue weighted by atomic mass is 10.0. The molecule has 0 aliphatic carbocycles. The number of benzene rings is 2. The topological polar surface area (TPSA) is 127 Å². The minimum Gasteiger partial charge on any atom is -0.506 e. The number of H-pyrrole nitrogens is 1. The molecular formula is C40H61N5O5Si. The van der Waals surface area contributed by atoms with E-state index in [2.05, 4.69) is 67.4 Å². The van der Waals surface area contributed by atoms with Crippen molar-refractivity contribution >= 4 is 36.7 Å². The van der Waals surface area contributed by atoms with Crippen molar-refractivity contribution in [2.24, 2.45) is 0 Å². The number of pyridine rings is 1. The Kier molecular flexibility index (Phi) is 14.1. The third-order valence-corrected chi connectivity index (χ3v) is 15.2. The van der Waals surface area contributed by atoms with Crippen LogP contribution >= 0.6 is 0 Å². The van der Waals surface area contributed by atoms with Crippen molar-refractivity contribution in [1.29, 1.82) is 0 Å². The molecule has 1 atom stereocenters. The van der Waals surface area contributed by atoms with E-state index in [9.17, 15) is 19.5 Å². The maximum absolute atomic E-state index is 12.9. The lowest BCUT2D eigenvalue weighted by Crippen LogP contribution is -2.43. The molecule has 0 spiro atoms. The number of carbonyl (C=O) groups excluding carboxylic acids is 2. The summed E-state index contributed by atoms with van der Waals surface area (Å²) in [5.74, 6) is 0.188. The predicted molar refractivity (Wildman–Crippen MR) is 210 cm³/mol. The largest absolute Gasteiger partial charge is 0.506 e. The zero-order valence-electron chi connectivity index (χ0n) is 32.2. The first-order valence-corrected chi connectivity index (χ1v) is 21.6. The molecular weight excluding hydrogens is 659 g/mol. The predicted octanol–water partition coefficient (Wildman–Crippen LogP) is 7.15. The highest BCUT2D eigenvalue weighted by molar-refractivity contribution is 6.74. The number of phenolic OH excluding ortho intramolecular Hbond substituents is 1.